The monoisotopic (exact) mass is 485 g/mol. The highest BCUT2D eigenvalue weighted by atomic mass is 79.9. The summed E-state index contributed by atoms with van der Waals surface area (Å²) in [6, 6.07) is 3.96. The normalized spacial score (nSPS) is 10.6. The number of aromatic amines is 1. The van der Waals surface area contributed by atoms with Crippen molar-refractivity contribution in [3.63, 3.8) is 0 Å². The second kappa shape index (κ2) is 5.47. The number of benzene rings is 1. The summed E-state index contributed by atoms with van der Waals surface area (Å²) in [6.45, 7) is 0. The number of hydrogen-bond donors (Lipinski definition) is 1. The SMILES string of the molecule is COc1c(Br)cc(Br)cc1-c1[nH]cc(Br)c1Br. The van der Waals surface area contributed by atoms with Crippen LogP contribution in [0.3, 0.4) is 0 Å². The molecule has 0 aliphatic rings. The van der Waals surface area contributed by atoms with E-state index in [9.17, 15) is 0 Å². The maximum atomic E-state index is 5.43. The number of rotatable bonds is 2. The third-order valence-corrected chi connectivity index (χ3v) is 5.28. The summed E-state index contributed by atoms with van der Waals surface area (Å²) < 4.78 is 9.27. The van der Waals surface area contributed by atoms with Crippen LogP contribution in [0.1, 0.15) is 0 Å². The van der Waals surface area contributed by atoms with Crippen molar-refractivity contribution in [2.75, 3.05) is 7.11 Å². The van der Waals surface area contributed by atoms with Gasteiger partial charge in [0.25, 0.3) is 0 Å². The molecule has 1 heterocycles. The van der Waals surface area contributed by atoms with Gasteiger partial charge in [-0.2, -0.15) is 0 Å². The molecule has 1 N–H and O–H groups in total. The molecule has 0 aliphatic heterocycles. The molecule has 0 unspecified atom stereocenters. The van der Waals surface area contributed by atoms with Gasteiger partial charge in [-0.15, -0.1) is 0 Å². The first-order valence-electron chi connectivity index (χ1n) is 4.60. The zero-order chi connectivity index (χ0) is 12.6. The highest BCUT2D eigenvalue weighted by molar-refractivity contribution is 9.13. The molecule has 1 aromatic heterocycles. The predicted octanol–water partition coefficient (Wildman–Crippen LogP) is 5.74. The Morgan fingerprint density at radius 3 is 2.29 bits per heavy atom. The summed E-state index contributed by atoms with van der Waals surface area (Å²) in [5.74, 6) is 0.795. The fraction of sp³-hybridized carbons (Fsp3) is 0.0909. The van der Waals surface area contributed by atoms with Gasteiger partial charge in [0.05, 0.1) is 21.7 Å². The van der Waals surface area contributed by atoms with Crippen molar-refractivity contribution in [3.8, 4) is 17.0 Å². The molecule has 0 radical (unpaired) electrons. The second-order valence-electron chi connectivity index (χ2n) is 3.29. The van der Waals surface area contributed by atoms with Gasteiger partial charge >= 0.3 is 0 Å². The van der Waals surface area contributed by atoms with Crippen LogP contribution in [0.5, 0.6) is 5.75 Å². The fourth-order valence-corrected chi connectivity index (χ4v) is 3.67. The van der Waals surface area contributed by atoms with Crippen LogP contribution in [0.15, 0.2) is 36.2 Å². The van der Waals surface area contributed by atoms with E-state index in [4.69, 9.17) is 4.74 Å². The van der Waals surface area contributed by atoms with E-state index in [1.54, 1.807) is 7.11 Å². The lowest BCUT2D eigenvalue weighted by Crippen LogP contribution is -1.90. The van der Waals surface area contributed by atoms with Gasteiger partial charge in [0.15, 0.2) is 0 Å². The van der Waals surface area contributed by atoms with Crippen molar-refractivity contribution in [1.82, 2.24) is 4.98 Å². The van der Waals surface area contributed by atoms with Crippen LogP contribution in [-0.2, 0) is 0 Å². The summed E-state index contributed by atoms with van der Waals surface area (Å²) in [5.41, 5.74) is 1.95. The first-order valence-corrected chi connectivity index (χ1v) is 7.77. The quantitative estimate of drug-likeness (QED) is 0.573. The van der Waals surface area contributed by atoms with Crippen molar-refractivity contribution in [1.29, 1.82) is 0 Å². The Labute approximate surface area is 133 Å². The average molecular weight is 489 g/mol. The van der Waals surface area contributed by atoms with Gasteiger partial charge < -0.3 is 9.72 Å². The van der Waals surface area contributed by atoms with Crippen LogP contribution < -0.4 is 4.74 Å². The summed E-state index contributed by atoms with van der Waals surface area (Å²) in [7, 11) is 1.66. The van der Waals surface area contributed by atoms with E-state index in [0.29, 0.717) is 0 Å². The summed E-state index contributed by atoms with van der Waals surface area (Å²) >= 11 is 14.0. The Morgan fingerprint density at radius 1 is 1.06 bits per heavy atom. The molecule has 17 heavy (non-hydrogen) atoms. The van der Waals surface area contributed by atoms with Gasteiger partial charge in [0.1, 0.15) is 5.75 Å². The van der Waals surface area contributed by atoms with E-state index in [1.165, 1.54) is 0 Å². The lowest BCUT2D eigenvalue weighted by atomic mass is 10.1. The number of nitrogens with one attached hydrogen (secondary N) is 1. The maximum Gasteiger partial charge on any atom is 0.142 e. The zero-order valence-electron chi connectivity index (χ0n) is 8.65. The Balaban J connectivity index is 2.70. The van der Waals surface area contributed by atoms with Gasteiger partial charge in [0, 0.05) is 20.7 Å². The van der Waals surface area contributed by atoms with E-state index in [0.717, 1.165) is 34.9 Å². The smallest absolute Gasteiger partial charge is 0.142 e. The molecular formula is C11H7Br4NO. The van der Waals surface area contributed by atoms with Gasteiger partial charge in [-0.1, -0.05) is 15.9 Å². The van der Waals surface area contributed by atoms with Crippen LogP contribution in [0.4, 0.5) is 0 Å². The molecule has 0 amide bonds. The Kier molecular flexibility index (Phi) is 4.39. The van der Waals surface area contributed by atoms with E-state index < -0.39 is 0 Å². The number of methoxy groups -OCH3 is 1. The van der Waals surface area contributed by atoms with E-state index >= 15 is 0 Å². The largest absolute Gasteiger partial charge is 0.495 e. The molecule has 2 nitrogen and oxygen atoms in total. The van der Waals surface area contributed by atoms with Crippen molar-refractivity contribution >= 4 is 63.7 Å². The molecule has 2 rings (SSSR count). The van der Waals surface area contributed by atoms with Crippen LogP contribution in [0.2, 0.25) is 0 Å². The molecule has 1 aromatic carbocycles. The summed E-state index contributed by atoms with van der Waals surface area (Å²) in [4.78, 5) is 3.20. The van der Waals surface area contributed by atoms with Gasteiger partial charge in [-0.05, 0) is 59.9 Å². The summed E-state index contributed by atoms with van der Waals surface area (Å²) in [6.07, 6.45) is 1.88. The Morgan fingerprint density at radius 2 is 1.76 bits per heavy atom. The molecule has 0 fully saturated rings. The highest BCUT2D eigenvalue weighted by Crippen LogP contribution is 2.42. The molecule has 6 heteroatoms. The molecule has 0 spiro atoms. The third-order valence-electron chi connectivity index (χ3n) is 2.25. The minimum Gasteiger partial charge on any atom is -0.495 e. The van der Waals surface area contributed by atoms with Crippen molar-refractivity contribution in [2.24, 2.45) is 0 Å². The fourth-order valence-electron chi connectivity index (χ4n) is 1.53. The lowest BCUT2D eigenvalue weighted by molar-refractivity contribution is 0.413. The molecule has 90 valence electrons. The van der Waals surface area contributed by atoms with Crippen molar-refractivity contribution in [2.45, 2.75) is 0 Å². The van der Waals surface area contributed by atoms with Crippen LogP contribution >= 0.6 is 63.7 Å². The molecule has 0 saturated carbocycles. The second-order valence-corrected chi connectivity index (χ2v) is 6.71. The third kappa shape index (κ3) is 2.64. The number of H-pyrrole nitrogens is 1. The molecule has 2 aromatic rings. The maximum absolute atomic E-state index is 5.43. The Hall–Kier alpha value is 0.220. The molecule has 0 bridgehead atoms. The van der Waals surface area contributed by atoms with E-state index in [-0.39, 0.29) is 0 Å². The molecular weight excluding hydrogens is 482 g/mol. The zero-order valence-corrected chi connectivity index (χ0v) is 15.0. The highest BCUT2D eigenvalue weighted by Gasteiger charge is 2.16. The van der Waals surface area contributed by atoms with Crippen molar-refractivity contribution < 1.29 is 4.74 Å². The van der Waals surface area contributed by atoms with Crippen molar-refractivity contribution in [3.05, 3.63) is 36.2 Å². The first-order chi connectivity index (χ1) is 8.04. The number of hydrogen-bond acceptors (Lipinski definition) is 1. The van der Waals surface area contributed by atoms with Crippen LogP contribution in [0, 0.1) is 0 Å². The first kappa shape index (κ1) is 13.6. The summed E-state index contributed by atoms with van der Waals surface area (Å²) in [5, 5.41) is 0. The van der Waals surface area contributed by atoms with Gasteiger partial charge in [-0.25, -0.2) is 0 Å². The molecule has 0 saturated heterocycles. The minimum atomic E-state index is 0.795. The molecule has 0 aliphatic carbocycles. The van der Waals surface area contributed by atoms with Crippen LogP contribution in [0.25, 0.3) is 11.3 Å². The lowest BCUT2D eigenvalue weighted by Gasteiger charge is -2.10. The van der Waals surface area contributed by atoms with Crippen LogP contribution in [-0.4, -0.2) is 12.1 Å². The minimum absolute atomic E-state index is 0.795. The van der Waals surface area contributed by atoms with Gasteiger partial charge in [-0.3, -0.25) is 0 Å². The van der Waals surface area contributed by atoms with Gasteiger partial charge in [0.2, 0.25) is 0 Å². The average Bonchev–Trinajstić information content (AvgIpc) is 2.59. The standard InChI is InChI=1S/C11H7Br4NO/c1-17-11-6(2-5(12)3-7(11)13)10-9(15)8(14)4-16-10/h2-4,16H,1H3. The number of ether oxygens (including phenoxy) is 1. The Bertz CT molecular complexity index is 565. The van der Waals surface area contributed by atoms with E-state index in [2.05, 4.69) is 68.7 Å². The molecule has 0 atom stereocenters. The number of aromatic nitrogens is 1. The van der Waals surface area contributed by atoms with E-state index in [1.807, 2.05) is 18.3 Å². The predicted molar refractivity (Wildman–Crippen MR) is 83.6 cm³/mol. The topological polar surface area (TPSA) is 25.0 Å². The number of halogens is 4.